The number of rotatable bonds is 5. The van der Waals surface area contributed by atoms with E-state index in [1.165, 1.54) is 36.8 Å². The van der Waals surface area contributed by atoms with Gasteiger partial charge in [0, 0.05) is 16.6 Å². The third-order valence-corrected chi connectivity index (χ3v) is 6.67. The zero-order valence-electron chi connectivity index (χ0n) is 18.2. The Morgan fingerprint density at radius 1 is 1.04 bits per heavy atom. The Morgan fingerprint density at radius 2 is 1.68 bits per heavy atom. The lowest BCUT2D eigenvalue weighted by atomic mass is 9.68. The normalized spacial score (nSPS) is 24.5. The maximum Gasteiger partial charge on any atom is 0.0458 e. The summed E-state index contributed by atoms with van der Waals surface area (Å²) < 4.78 is 0. The number of benzene rings is 2. The molecule has 3 atom stereocenters. The van der Waals surface area contributed by atoms with Gasteiger partial charge in [-0.05, 0) is 76.0 Å². The van der Waals surface area contributed by atoms with Gasteiger partial charge >= 0.3 is 0 Å². The van der Waals surface area contributed by atoms with E-state index < -0.39 is 0 Å². The van der Waals surface area contributed by atoms with Crippen molar-refractivity contribution in [3.05, 3.63) is 70.7 Å². The van der Waals surface area contributed by atoms with Crippen molar-refractivity contribution in [1.29, 1.82) is 0 Å². The van der Waals surface area contributed by atoms with E-state index in [4.69, 9.17) is 11.6 Å². The predicted octanol–water partition coefficient (Wildman–Crippen LogP) is 6.14. The molecule has 3 rings (SSSR count). The zero-order chi connectivity index (χ0) is 20.6. The van der Waals surface area contributed by atoms with E-state index >= 15 is 0 Å². The summed E-state index contributed by atoms with van der Waals surface area (Å²) in [6, 6.07) is 19.6. The first-order chi connectivity index (χ1) is 13.5. The number of nitrogens with one attached hydrogen (secondary N) is 1. The van der Waals surface area contributed by atoms with Crippen LogP contribution < -0.4 is 5.32 Å². The highest BCUT2D eigenvalue weighted by Gasteiger charge is 2.42. The Bertz CT molecular complexity index is 683. The van der Waals surface area contributed by atoms with Crippen LogP contribution in [-0.4, -0.2) is 32.1 Å². The largest absolute Gasteiger partial charge is 0.317 e. The van der Waals surface area contributed by atoms with E-state index in [0.717, 1.165) is 17.4 Å². The van der Waals surface area contributed by atoms with Crippen LogP contribution in [0.2, 0.25) is 5.02 Å². The molecular formula is C25H37ClN2. The van der Waals surface area contributed by atoms with Gasteiger partial charge in [-0.25, -0.2) is 0 Å². The van der Waals surface area contributed by atoms with E-state index in [1.807, 2.05) is 18.2 Å². The van der Waals surface area contributed by atoms with Crippen LogP contribution in [0.4, 0.5) is 0 Å². The predicted molar refractivity (Wildman–Crippen MR) is 123 cm³/mol. The van der Waals surface area contributed by atoms with Crippen LogP contribution in [-0.2, 0) is 12.0 Å². The van der Waals surface area contributed by atoms with Gasteiger partial charge < -0.3 is 5.32 Å². The van der Waals surface area contributed by atoms with Gasteiger partial charge in [0.25, 0.3) is 0 Å². The topological polar surface area (TPSA) is 15.3 Å². The van der Waals surface area contributed by atoms with E-state index in [-0.39, 0.29) is 5.54 Å². The van der Waals surface area contributed by atoms with E-state index in [0.29, 0.717) is 6.04 Å². The van der Waals surface area contributed by atoms with Gasteiger partial charge in [0.15, 0.2) is 0 Å². The molecule has 1 N–H and O–H groups in total. The van der Waals surface area contributed by atoms with Gasteiger partial charge in [-0.3, -0.25) is 4.90 Å². The Morgan fingerprint density at radius 3 is 2.14 bits per heavy atom. The molecule has 2 aromatic carbocycles. The number of hydrogen-bond donors (Lipinski definition) is 1. The van der Waals surface area contributed by atoms with Crippen molar-refractivity contribution in [3.63, 3.8) is 0 Å². The average molecular weight is 401 g/mol. The van der Waals surface area contributed by atoms with Crippen molar-refractivity contribution in [2.45, 2.75) is 57.5 Å². The number of nitrogens with zero attached hydrogens (tertiary/aromatic N) is 1. The molecule has 0 bridgehead atoms. The fourth-order valence-electron chi connectivity index (χ4n) is 4.52. The molecular weight excluding hydrogens is 364 g/mol. The molecule has 0 amide bonds. The third kappa shape index (κ3) is 5.59. The number of hydrogen-bond acceptors (Lipinski definition) is 2. The Kier molecular flexibility index (Phi) is 9.01. The maximum absolute atomic E-state index is 6.05. The molecule has 0 aliphatic heterocycles. The minimum absolute atomic E-state index is 0.151. The highest BCUT2D eigenvalue weighted by Crippen LogP contribution is 2.44. The highest BCUT2D eigenvalue weighted by atomic mass is 35.5. The fraction of sp³-hybridized carbons (Fsp3) is 0.520. The number of aryl methyl sites for hydroxylation is 1. The van der Waals surface area contributed by atoms with Crippen LogP contribution >= 0.6 is 11.6 Å². The SMILES string of the molecule is CCC1CC(c2ccc(Cl)cc2)(N(C)C)CCC1NC.CCc1ccccc1. The molecule has 1 aliphatic rings. The van der Waals surface area contributed by atoms with Crippen molar-refractivity contribution >= 4 is 11.6 Å². The van der Waals surface area contributed by atoms with Crippen LogP contribution in [0.25, 0.3) is 0 Å². The van der Waals surface area contributed by atoms with Gasteiger partial charge in [-0.2, -0.15) is 0 Å². The first kappa shape index (κ1) is 22.9. The van der Waals surface area contributed by atoms with Gasteiger partial charge in [0.05, 0.1) is 0 Å². The molecule has 0 heterocycles. The first-order valence-electron chi connectivity index (χ1n) is 10.6. The minimum atomic E-state index is 0.151. The average Bonchev–Trinajstić information content (AvgIpc) is 2.74. The molecule has 28 heavy (non-hydrogen) atoms. The second-order valence-electron chi connectivity index (χ2n) is 8.08. The Balaban J connectivity index is 0.000000292. The zero-order valence-corrected chi connectivity index (χ0v) is 19.0. The Hall–Kier alpha value is -1.35. The molecule has 3 unspecified atom stereocenters. The van der Waals surface area contributed by atoms with E-state index in [1.54, 1.807) is 0 Å². The molecule has 1 fully saturated rings. The van der Waals surface area contributed by atoms with Crippen LogP contribution in [0.1, 0.15) is 50.7 Å². The van der Waals surface area contributed by atoms with E-state index in [2.05, 4.69) is 81.6 Å². The summed E-state index contributed by atoms with van der Waals surface area (Å²) in [6.07, 6.45) is 6.01. The third-order valence-electron chi connectivity index (χ3n) is 6.42. The summed E-state index contributed by atoms with van der Waals surface area (Å²) in [5.41, 5.74) is 2.96. The minimum Gasteiger partial charge on any atom is -0.317 e. The van der Waals surface area contributed by atoms with Crippen molar-refractivity contribution in [2.75, 3.05) is 21.1 Å². The second-order valence-corrected chi connectivity index (χ2v) is 8.51. The standard InChI is InChI=1S/C17H27ClN2.C8H10/c1-5-13-12-17(20(3)4,11-10-16(13)19-2)14-6-8-15(18)9-7-14;1-2-8-6-4-3-5-7-8/h6-9,13,16,19H,5,10-12H2,1-4H3;3-7H,2H2,1H3. The molecule has 1 aliphatic carbocycles. The summed E-state index contributed by atoms with van der Waals surface area (Å²) in [4.78, 5) is 2.41. The molecule has 0 aromatic heterocycles. The first-order valence-corrected chi connectivity index (χ1v) is 11.0. The fourth-order valence-corrected chi connectivity index (χ4v) is 4.64. The van der Waals surface area contributed by atoms with Crippen molar-refractivity contribution in [2.24, 2.45) is 5.92 Å². The molecule has 154 valence electrons. The summed E-state index contributed by atoms with van der Waals surface area (Å²) >= 11 is 6.05. The second kappa shape index (κ2) is 11.0. The molecule has 3 heteroatoms. The summed E-state index contributed by atoms with van der Waals surface area (Å²) in [6.45, 7) is 4.47. The lowest BCUT2D eigenvalue weighted by molar-refractivity contribution is 0.0508. The smallest absolute Gasteiger partial charge is 0.0458 e. The molecule has 0 spiro atoms. The molecule has 1 saturated carbocycles. The van der Waals surface area contributed by atoms with Gasteiger partial charge in [-0.15, -0.1) is 0 Å². The van der Waals surface area contributed by atoms with Crippen molar-refractivity contribution in [3.8, 4) is 0 Å². The van der Waals surface area contributed by atoms with Gasteiger partial charge in [-0.1, -0.05) is 74.3 Å². The summed E-state index contributed by atoms with van der Waals surface area (Å²) in [7, 11) is 6.51. The lowest BCUT2D eigenvalue weighted by Gasteiger charge is -2.49. The Labute approximate surface area is 177 Å². The van der Waals surface area contributed by atoms with Gasteiger partial charge in [0.1, 0.15) is 0 Å². The monoisotopic (exact) mass is 400 g/mol. The molecule has 2 aromatic rings. The molecule has 2 nitrogen and oxygen atoms in total. The number of halogens is 1. The van der Waals surface area contributed by atoms with Crippen LogP contribution in [0, 0.1) is 5.92 Å². The van der Waals surface area contributed by atoms with E-state index in [9.17, 15) is 0 Å². The van der Waals surface area contributed by atoms with Crippen LogP contribution in [0.15, 0.2) is 54.6 Å². The molecule has 0 saturated heterocycles. The van der Waals surface area contributed by atoms with Crippen LogP contribution in [0.3, 0.4) is 0 Å². The molecule has 0 radical (unpaired) electrons. The van der Waals surface area contributed by atoms with Gasteiger partial charge in [0.2, 0.25) is 0 Å². The quantitative estimate of drug-likeness (QED) is 0.647. The summed E-state index contributed by atoms with van der Waals surface area (Å²) in [5.74, 6) is 0.729. The summed E-state index contributed by atoms with van der Waals surface area (Å²) in [5, 5.41) is 4.32. The van der Waals surface area contributed by atoms with Crippen molar-refractivity contribution in [1.82, 2.24) is 10.2 Å². The highest BCUT2D eigenvalue weighted by molar-refractivity contribution is 6.30. The van der Waals surface area contributed by atoms with Crippen molar-refractivity contribution < 1.29 is 0 Å². The lowest BCUT2D eigenvalue weighted by Crippen LogP contribution is -2.51. The van der Waals surface area contributed by atoms with Crippen LogP contribution in [0.5, 0.6) is 0 Å². The maximum atomic E-state index is 6.05.